The van der Waals surface area contributed by atoms with E-state index in [0.717, 1.165) is 19.3 Å². The predicted octanol–water partition coefficient (Wildman–Crippen LogP) is 2.97. The molecule has 0 aromatic carbocycles. The van der Waals surface area contributed by atoms with Gasteiger partial charge >= 0.3 is 0 Å². The van der Waals surface area contributed by atoms with Gasteiger partial charge in [-0.3, -0.25) is 9.59 Å². The van der Waals surface area contributed by atoms with Gasteiger partial charge in [-0.25, -0.2) is 0 Å². The molecule has 0 atom stereocenters. The fraction of sp³-hybridized carbons (Fsp3) is 0.467. The van der Waals surface area contributed by atoms with Gasteiger partial charge in [-0.05, 0) is 24.1 Å². The van der Waals surface area contributed by atoms with E-state index in [4.69, 9.17) is 0 Å². The van der Waals surface area contributed by atoms with E-state index in [0.29, 0.717) is 13.1 Å². The largest absolute Gasteiger partial charge is 0.350 e. The lowest BCUT2D eigenvalue weighted by molar-refractivity contribution is -0.133. The molecular formula is C15H20N4O2S4. The van der Waals surface area contributed by atoms with Crippen molar-refractivity contribution in [3.05, 3.63) is 22.4 Å². The first-order valence-corrected chi connectivity index (χ1v) is 11.4. The van der Waals surface area contributed by atoms with E-state index in [2.05, 4.69) is 22.4 Å². The van der Waals surface area contributed by atoms with Crippen LogP contribution in [0.25, 0.3) is 0 Å². The van der Waals surface area contributed by atoms with Crippen LogP contribution in [0.3, 0.4) is 0 Å². The third-order valence-corrected chi connectivity index (χ3v) is 7.02. The standard InChI is InChI=1S/C15H20N4O2S4/c1-3-19(9-12(20)16-8-11-6-5-7-23-11)13(21)10-24-15-18-17-14(25-15)22-4-2/h5-7H,3-4,8-10H2,1-2H3,(H,16,20). The van der Waals surface area contributed by atoms with Crippen LogP contribution in [-0.4, -0.2) is 51.5 Å². The summed E-state index contributed by atoms with van der Waals surface area (Å²) in [5.41, 5.74) is 0. The van der Waals surface area contributed by atoms with E-state index < -0.39 is 0 Å². The molecule has 136 valence electrons. The second kappa shape index (κ2) is 10.8. The van der Waals surface area contributed by atoms with Crippen molar-refractivity contribution in [2.75, 3.05) is 24.6 Å². The molecule has 0 radical (unpaired) electrons. The zero-order chi connectivity index (χ0) is 18.1. The van der Waals surface area contributed by atoms with Crippen molar-refractivity contribution < 1.29 is 9.59 Å². The molecule has 0 bridgehead atoms. The minimum Gasteiger partial charge on any atom is -0.350 e. The fourth-order valence-electron chi connectivity index (χ4n) is 1.86. The third kappa shape index (κ3) is 6.96. The maximum absolute atomic E-state index is 12.3. The van der Waals surface area contributed by atoms with Gasteiger partial charge in [0.25, 0.3) is 0 Å². The highest BCUT2D eigenvalue weighted by Gasteiger charge is 2.17. The van der Waals surface area contributed by atoms with Crippen LogP contribution in [0.1, 0.15) is 18.7 Å². The van der Waals surface area contributed by atoms with Gasteiger partial charge in [-0.2, -0.15) is 0 Å². The summed E-state index contributed by atoms with van der Waals surface area (Å²) in [5, 5.41) is 13.0. The van der Waals surface area contributed by atoms with E-state index in [1.54, 1.807) is 28.0 Å². The zero-order valence-corrected chi connectivity index (χ0v) is 17.3. The minimum absolute atomic E-state index is 0.0707. The van der Waals surface area contributed by atoms with Gasteiger partial charge in [-0.1, -0.05) is 47.9 Å². The number of amides is 2. The summed E-state index contributed by atoms with van der Waals surface area (Å²) in [4.78, 5) is 27.0. The molecule has 0 aliphatic carbocycles. The van der Waals surface area contributed by atoms with Crippen LogP contribution < -0.4 is 5.32 Å². The van der Waals surface area contributed by atoms with Crippen molar-refractivity contribution in [2.24, 2.45) is 0 Å². The minimum atomic E-state index is -0.147. The molecule has 10 heteroatoms. The van der Waals surface area contributed by atoms with Gasteiger partial charge in [0.05, 0.1) is 18.8 Å². The number of likely N-dealkylation sites (N-methyl/N-ethyl adjacent to an activating group) is 1. The summed E-state index contributed by atoms with van der Waals surface area (Å²) < 4.78 is 1.69. The summed E-state index contributed by atoms with van der Waals surface area (Å²) in [5.74, 6) is 0.990. The molecule has 2 aromatic rings. The highest BCUT2D eigenvalue weighted by molar-refractivity contribution is 8.03. The van der Waals surface area contributed by atoms with Crippen LogP contribution in [0.15, 0.2) is 26.2 Å². The summed E-state index contributed by atoms with van der Waals surface area (Å²) in [6, 6.07) is 3.92. The number of carbonyl (C=O) groups is 2. The van der Waals surface area contributed by atoms with Gasteiger partial charge in [0, 0.05) is 11.4 Å². The Balaban J connectivity index is 1.75. The topological polar surface area (TPSA) is 75.2 Å². The first kappa shape index (κ1) is 20.2. The summed E-state index contributed by atoms with van der Waals surface area (Å²) in [6.45, 7) is 5.01. The van der Waals surface area contributed by atoms with Crippen LogP contribution in [0.5, 0.6) is 0 Å². The molecule has 0 aliphatic rings. The fourth-order valence-corrected chi connectivity index (χ4v) is 5.32. The van der Waals surface area contributed by atoms with Crippen molar-refractivity contribution >= 4 is 58.0 Å². The quantitative estimate of drug-likeness (QED) is 0.600. The van der Waals surface area contributed by atoms with Gasteiger partial charge in [-0.15, -0.1) is 21.5 Å². The molecule has 0 fully saturated rings. The summed E-state index contributed by atoms with van der Waals surface area (Å²) >= 11 is 6.09. The molecule has 2 aromatic heterocycles. The number of thioether (sulfide) groups is 2. The Morgan fingerprint density at radius 2 is 2.00 bits per heavy atom. The number of thiophene rings is 1. The zero-order valence-electron chi connectivity index (χ0n) is 14.1. The number of hydrogen-bond donors (Lipinski definition) is 1. The summed E-state index contributed by atoms with van der Waals surface area (Å²) in [7, 11) is 0. The summed E-state index contributed by atoms with van der Waals surface area (Å²) in [6.07, 6.45) is 0. The molecule has 6 nitrogen and oxygen atoms in total. The number of carbonyl (C=O) groups excluding carboxylic acids is 2. The van der Waals surface area contributed by atoms with Crippen LogP contribution in [0.2, 0.25) is 0 Å². The molecule has 0 saturated heterocycles. The van der Waals surface area contributed by atoms with Gasteiger partial charge in [0.2, 0.25) is 11.8 Å². The monoisotopic (exact) mass is 416 g/mol. The second-order valence-electron chi connectivity index (χ2n) is 4.82. The average Bonchev–Trinajstić information content (AvgIpc) is 3.28. The maximum atomic E-state index is 12.3. The Hall–Kier alpha value is -1.10. The Morgan fingerprint density at radius 1 is 1.24 bits per heavy atom. The predicted molar refractivity (Wildman–Crippen MR) is 105 cm³/mol. The number of nitrogens with one attached hydrogen (secondary N) is 1. The Labute approximate surface area is 163 Å². The first-order chi connectivity index (χ1) is 12.1. The van der Waals surface area contributed by atoms with Crippen LogP contribution in [0, 0.1) is 0 Å². The number of aromatic nitrogens is 2. The van der Waals surface area contributed by atoms with Crippen molar-refractivity contribution in [3.8, 4) is 0 Å². The van der Waals surface area contributed by atoms with Crippen molar-refractivity contribution in [3.63, 3.8) is 0 Å². The molecule has 2 rings (SSSR count). The van der Waals surface area contributed by atoms with Crippen LogP contribution in [-0.2, 0) is 16.1 Å². The highest BCUT2D eigenvalue weighted by Crippen LogP contribution is 2.28. The SMILES string of the molecule is CCSc1nnc(SCC(=O)N(CC)CC(=O)NCc2cccs2)s1. The molecule has 0 spiro atoms. The Kier molecular flexibility index (Phi) is 8.73. The molecule has 0 unspecified atom stereocenters. The number of nitrogens with zero attached hydrogens (tertiary/aromatic N) is 3. The second-order valence-corrected chi connectivity index (χ2v) is 9.56. The Morgan fingerprint density at radius 3 is 2.64 bits per heavy atom. The van der Waals surface area contributed by atoms with Gasteiger partial charge in [0.15, 0.2) is 8.68 Å². The molecule has 0 saturated carbocycles. The lowest BCUT2D eigenvalue weighted by atomic mass is 10.4. The maximum Gasteiger partial charge on any atom is 0.239 e. The molecule has 25 heavy (non-hydrogen) atoms. The van der Waals surface area contributed by atoms with Gasteiger partial charge in [0.1, 0.15) is 0 Å². The third-order valence-electron chi connectivity index (χ3n) is 3.08. The Bertz CT molecular complexity index is 675. The van der Waals surface area contributed by atoms with Crippen LogP contribution >= 0.6 is 46.2 Å². The lowest BCUT2D eigenvalue weighted by Crippen LogP contribution is -2.41. The van der Waals surface area contributed by atoms with E-state index in [1.807, 2.05) is 24.4 Å². The number of rotatable bonds is 10. The van der Waals surface area contributed by atoms with E-state index >= 15 is 0 Å². The van der Waals surface area contributed by atoms with E-state index in [1.165, 1.54) is 23.1 Å². The van der Waals surface area contributed by atoms with E-state index in [-0.39, 0.29) is 24.1 Å². The number of hydrogen-bond acceptors (Lipinski definition) is 8. The smallest absolute Gasteiger partial charge is 0.239 e. The van der Waals surface area contributed by atoms with Crippen LogP contribution in [0.4, 0.5) is 0 Å². The molecule has 0 aliphatic heterocycles. The lowest BCUT2D eigenvalue weighted by Gasteiger charge is -2.19. The van der Waals surface area contributed by atoms with Crippen molar-refractivity contribution in [2.45, 2.75) is 29.1 Å². The molecular weight excluding hydrogens is 396 g/mol. The molecule has 1 N–H and O–H groups in total. The first-order valence-electron chi connectivity index (χ1n) is 7.78. The molecule has 2 amide bonds. The van der Waals surface area contributed by atoms with Crippen molar-refractivity contribution in [1.82, 2.24) is 20.4 Å². The normalized spacial score (nSPS) is 10.6. The highest BCUT2D eigenvalue weighted by atomic mass is 32.2. The van der Waals surface area contributed by atoms with E-state index in [9.17, 15) is 9.59 Å². The molecule has 2 heterocycles. The van der Waals surface area contributed by atoms with Gasteiger partial charge < -0.3 is 10.2 Å². The average molecular weight is 417 g/mol. The van der Waals surface area contributed by atoms with Crippen molar-refractivity contribution in [1.29, 1.82) is 0 Å².